The van der Waals surface area contributed by atoms with Crippen LogP contribution in [0.5, 0.6) is 5.75 Å². The number of carboxylic acids is 1. The van der Waals surface area contributed by atoms with E-state index in [4.69, 9.17) is 9.84 Å². The van der Waals surface area contributed by atoms with Gasteiger partial charge in [0.25, 0.3) is 0 Å². The molecule has 0 amide bonds. The summed E-state index contributed by atoms with van der Waals surface area (Å²) in [4.78, 5) is 15.5. The van der Waals surface area contributed by atoms with Crippen LogP contribution in [-0.2, 0) is 0 Å². The van der Waals surface area contributed by atoms with Crippen LogP contribution in [0.2, 0.25) is 0 Å². The molecule has 132 valence electrons. The molecule has 25 heavy (non-hydrogen) atoms. The Morgan fingerprint density at radius 3 is 2.76 bits per heavy atom. The van der Waals surface area contributed by atoms with Gasteiger partial charge in [0.05, 0.1) is 18.4 Å². The fourth-order valence-corrected chi connectivity index (χ4v) is 3.67. The van der Waals surface area contributed by atoms with Crippen LogP contribution in [0, 0.1) is 0 Å². The number of benzene rings is 1. The van der Waals surface area contributed by atoms with Crippen LogP contribution in [0.3, 0.4) is 0 Å². The van der Waals surface area contributed by atoms with Crippen LogP contribution >= 0.6 is 12.1 Å². The van der Waals surface area contributed by atoms with Crippen molar-refractivity contribution in [2.45, 2.75) is 18.8 Å². The van der Waals surface area contributed by atoms with Crippen LogP contribution in [0.15, 0.2) is 42.6 Å². The highest BCUT2D eigenvalue weighted by Gasteiger charge is 2.22. The SMILES string of the molecule is COc1cc(C(=O)O)ccc1NSN1CCC(c2ccccn2)CC1. The summed E-state index contributed by atoms with van der Waals surface area (Å²) in [5.41, 5.74) is 2.15. The zero-order valence-electron chi connectivity index (χ0n) is 14.0. The predicted molar refractivity (Wildman–Crippen MR) is 99.0 cm³/mol. The molecule has 3 rings (SSSR count). The van der Waals surface area contributed by atoms with Crippen molar-refractivity contribution in [3.8, 4) is 5.75 Å². The number of aromatic carboxylic acids is 1. The number of hydrogen-bond donors (Lipinski definition) is 2. The first-order valence-corrected chi connectivity index (χ1v) is 8.95. The van der Waals surface area contributed by atoms with Gasteiger partial charge in [-0.25, -0.2) is 9.10 Å². The molecule has 0 spiro atoms. The number of aromatic nitrogens is 1. The largest absolute Gasteiger partial charge is 0.495 e. The number of ether oxygens (including phenoxy) is 1. The molecule has 0 radical (unpaired) electrons. The lowest BCUT2D eigenvalue weighted by Gasteiger charge is -2.30. The topological polar surface area (TPSA) is 74.7 Å². The van der Waals surface area contributed by atoms with Gasteiger partial charge in [-0.05, 0) is 43.2 Å². The van der Waals surface area contributed by atoms with E-state index in [0.29, 0.717) is 11.7 Å². The van der Waals surface area contributed by atoms with Crippen molar-refractivity contribution in [2.24, 2.45) is 0 Å². The van der Waals surface area contributed by atoms with E-state index in [9.17, 15) is 4.79 Å². The normalized spacial score (nSPS) is 15.7. The highest BCUT2D eigenvalue weighted by atomic mass is 32.2. The maximum absolute atomic E-state index is 11.0. The van der Waals surface area contributed by atoms with Crippen molar-refractivity contribution in [3.63, 3.8) is 0 Å². The second kappa shape index (κ2) is 8.22. The lowest BCUT2D eigenvalue weighted by Crippen LogP contribution is -2.29. The van der Waals surface area contributed by atoms with Gasteiger partial charge in [0.15, 0.2) is 0 Å². The third-order valence-corrected chi connectivity index (χ3v) is 5.23. The molecule has 1 aromatic heterocycles. The number of pyridine rings is 1. The van der Waals surface area contributed by atoms with Gasteiger partial charge >= 0.3 is 5.97 Å². The molecule has 1 fully saturated rings. The van der Waals surface area contributed by atoms with Crippen molar-refractivity contribution < 1.29 is 14.6 Å². The van der Waals surface area contributed by atoms with Gasteiger partial charge in [0.1, 0.15) is 5.75 Å². The van der Waals surface area contributed by atoms with Crippen LogP contribution < -0.4 is 9.46 Å². The fraction of sp³-hybridized carbons (Fsp3) is 0.333. The molecule has 0 saturated carbocycles. The zero-order valence-corrected chi connectivity index (χ0v) is 14.8. The highest BCUT2D eigenvalue weighted by Crippen LogP contribution is 2.32. The number of nitrogens with zero attached hydrogens (tertiary/aromatic N) is 2. The molecule has 2 N–H and O–H groups in total. The minimum absolute atomic E-state index is 0.212. The summed E-state index contributed by atoms with van der Waals surface area (Å²) in [6.45, 7) is 1.93. The molecule has 7 heteroatoms. The number of methoxy groups -OCH3 is 1. The zero-order chi connectivity index (χ0) is 17.6. The minimum Gasteiger partial charge on any atom is -0.495 e. The van der Waals surface area contributed by atoms with Gasteiger partial charge in [0, 0.05) is 43.0 Å². The van der Waals surface area contributed by atoms with Gasteiger partial charge < -0.3 is 14.6 Å². The van der Waals surface area contributed by atoms with E-state index >= 15 is 0 Å². The van der Waals surface area contributed by atoms with Gasteiger partial charge in [0.2, 0.25) is 0 Å². The molecule has 2 aromatic rings. The fourth-order valence-electron chi connectivity index (χ4n) is 2.88. The van der Waals surface area contributed by atoms with E-state index < -0.39 is 5.97 Å². The molecule has 1 aliphatic rings. The van der Waals surface area contributed by atoms with Crippen LogP contribution in [0.4, 0.5) is 5.69 Å². The molecular weight excluding hydrogens is 338 g/mol. The van der Waals surface area contributed by atoms with Crippen molar-refractivity contribution in [2.75, 3.05) is 24.9 Å². The summed E-state index contributed by atoms with van der Waals surface area (Å²) in [5.74, 6) is 0.0762. The Morgan fingerprint density at radius 1 is 1.32 bits per heavy atom. The van der Waals surface area contributed by atoms with Crippen molar-refractivity contribution in [3.05, 3.63) is 53.9 Å². The van der Waals surface area contributed by atoms with Gasteiger partial charge in [-0.3, -0.25) is 4.98 Å². The van der Waals surface area contributed by atoms with Crippen molar-refractivity contribution >= 4 is 23.8 Å². The van der Waals surface area contributed by atoms with E-state index in [2.05, 4.69) is 20.1 Å². The quantitative estimate of drug-likeness (QED) is 0.763. The first-order valence-electron chi connectivity index (χ1n) is 8.17. The number of hydrogen-bond acceptors (Lipinski definition) is 6. The molecule has 2 heterocycles. The Labute approximate surface area is 151 Å². The van der Waals surface area contributed by atoms with Crippen molar-refractivity contribution in [1.29, 1.82) is 0 Å². The maximum atomic E-state index is 11.0. The standard InChI is InChI=1S/C18H21N3O3S/c1-24-17-12-14(18(22)23)5-6-16(17)20-25-21-10-7-13(8-11-21)15-4-2-3-9-19-15/h2-6,9,12-13,20H,7-8,10-11H2,1H3,(H,22,23). The Kier molecular flexibility index (Phi) is 5.78. The molecule has 0 atom stereocenters. The second-order valence-corrected chi connectivity index (χ2v) is 6.77. The third-order valence-electron chi connectivity index (χ3n) is 4.29. The molecule has 1 saturated heterocycles. The number of rotatable bonds is 6. The summed E-state index contributed by atoms with van der Waals surface area (Å²) >= 11 is 1.53. The van der Waals surface area contributed by atoms with Gasteiger partial charge in [-0.15, -0.1) is 0 Å². The molecule has 0 bridgehead atoms. The molecular formula is C18H21N3O3S. The lowest BCUT2D eigenvalue weighted by atomic mass is 9.94. The number of anilines is 1. The molecule has 1 aliphatic heterocycles. The molecule has 6 nitrogen and oxygen atoms in total. The third kappa shape index (κ3) is 4.43. The first kappa shape index (κ1) is 17.6. The monoisotopic (exact) mass is 359 g/mol. The number of piperidine rings is 1. The maximum Gasteiger partial charge on any atom is 0.335 e. The van der Waals surface area contributed by atoms with E-state index in [1.807, 2.05) is 18.3 Å². The number of carboxylic acid groups (broad SMARTS) is 1. The number of nitrogens with one attached hydrogen (secondary N) is 1. The summed E-state index contributed by atoms with van der Waals surface area (Å²) in [6.07, 6.45) is 3.99. The molecule has 0 unspecified atom stereocenters. The molecule has 1 aromatic carbocycles. The number of carbonyl (C=O) groups is 1. The van der Waals surface area contributed by atoms with E-state index in [1.165, 1.54) is 31.0 Å². The van der Waals surface area contributed by atoms with Gasteiger partial charge in [-0.1, -0.05) is 6.07 Å². The lowest BCUT2D eigenvalue weighted by molar-refractivity contribution is 0.0696. The highest BCUT2D eigenvalue weighted by molar-refractivity contribution is 7.98. The second-order valence-electron chi connectivity index (χ2n) is 5.87. The Morgan fingerprint density at radius 2 is 2.12 bits per heavy atom. The van der Waals surface area contributed by atoms with Crippen LogP contribution in [0.1, 0.15) is 34.8 Å². The Hall–Kier alpha value is -2.25. The minimum atomic E-state index is -0.964. The summed E-state index contributed by atoms with van der Waals surface area (Å²) in [5, 5.41) is 9.05. The summed E-state index contributed by atoms with van der Waals surface area (Å²) in [6, 6.07) is 10.9. The summed E-state index contributed by atoms with van der Waals surface area (Å²) < 4.78 is 10.8. The van der Waals surface area contributed by atoms with Gasteiger partial charge in [-0.2, -0.15) is 0 Å². The Bertz CT molecular complexity index is 719. The average molecular weight is 359 g/mol. The van der Waals surface area contributed by atoms with Crippen molar-refractivity contribution in [1.82, 2.24) is 9.29 Å². The van der Waals surface area contributed by atoms with E-state index in [-0.39, 0.29) is 5.56 Å². The van der Waals surface area contributed by atoms with Crippen LogP contribution in [0.25, 0.3) is 0 Å². The van der Waals surface area contributed by atoms with Crippen LogP contribution in [-0.4, -0.2) is 40.6 Å². The molecule has 0 aliphatic carbocycles. The smallest absolute Gasteiger partial charge is 0.335 e. The first-order chi connectivity index (χ1) is 12.2. The average Bonchev–Trinajstić information content (AvgIpc) is 2.67. The Balaban J connectivity index is 1.54. The van der Waals surface area contributed by atoms with E-state index in [1.54, 1.807) is 12.1 Å². The van der Waals surface area contributed by atoms with E-state index in [0.717, 1.165) is 31.6 Å². The predicted octanol–water partition coefficient (Wildman–Crippen LogP) is 3.64. The summed E-state index contributed by atoms with van der Waals surface area (Å²) in [7, 11) is 1.54.